The van der Waals surface area contributed by atoms with Crippen molar-refractivity contribution in [1.29, 1.82) is 0 Å². The first-order valence-electron chi connectivity index (χ1n) is 10.6. The topological polar surface area (TPSA) is 84.9 Å². The second-order valence-electron chi connectivity index (χ2n) is 7.51. The van der Waals surface area contributed by atoms with Gasteiger partial charge in [-0.25, -0.2) is 0 Å². The number of anilines is 1. The van der Waals surface area contributed by atoms with E-state index >= 15 is 0 Å². The van der Waals surface area contributed by atoms with Gasteiger partial charge in [0, 0.05) is 10.7 Å². The highest BCUT2D eigenvalue weighted by Crippen LogP contribution is 2.35. The second-order valence-corrected chi connectivity index (χ2v) is 8.94. The average molecular weight is 509 g/mol. The van der Waals surface area contributed by atoms with Crippen molar-refractivity contribution >= 4 is 52.2 Å². The molecule has 1 aliphatic heterocycles. The van der Waals surface area contributed by atoms with Crippen LogP contribution in [0.4, 0.5) is 10.5 Å². The minimum atomic E-state index is -0.369. The first-order chi connectivity index (χ1) is 16.9. The van der Waals surface area contributed by atoms with Crippen LogP contribution >= 0.6 is 23.4 Å². The molecule has 9 heteroatoms. The number of carbonyl (C=O) groups excluding carboxylic acids is 3. The summed E-state index contributed by atoms with van der Waals surface area (Å²) in [5.41, 5.74) is 2.13. The van der Waals surface area contributed by atoms with Gasteiger partial charge in [0.25, 0.3) is 17.1 Å². The Labute approximate surface area is 211 Å². The lowest BCUT2D eigenvalue weighted by molar-refractivity contribution is -0.123. The van der Waals surface area contributed by atoms with Crippen LogP contribution in [0, 0.1) is 0 Å². The number of amides is 3. The van der Waals surface area contributed by atoms with Gasteiger partial charge in [-0.1, -0.05) is 48.0 Å². The molecular formula is C26H21ClN2O5S. The zero-order chi connectivity index (χ0) is 24.8. The molecule has 3 aromatic rings. The molecule has 1 heterocycles. The second kappa shape index (κ2) is 11.1. The van der Waals surface area contributed by atoms with Crippen LogP contribution in [0.25, 0.3) is 6.08 Å². The van der Waals surface area contributed by atoms with E-state index in [-0.39, 0.29) is 30.2 Å². The molecule has 0 atom stereocenters. The van der Waals surface area contributed by atoms with Gasteiger partial charge < -0.3 is 14.8 Å². The molecule has 4 rings (SSSR count). The number of ether oxygens (including phenoxy) is 2. The van der Waals surface area contributed by atoms with E-state index in [1.54, 1.807) is 60.7 Å². The number of para-hydroxylation sites is 1. The Hall–Kier alpha value is -3.75. The third-order valence-corrected chi connectivity index (χ3v) is 6.19. The number of carbonyl (C=O) groups is 3. The molecule has 178 valence electrons. The van der Waals surface area contributed by atoms with Gasteiger partial charge in [-0.15, -0.1) is 0 Å². The van der Waals surface area contributed by atoms with Crippen LogP contribution in [-0.2, 0) is 16.1 Å². The van der Waals surface area contributed by atoms with E-state index in [1.807, 2.05) is 18.2 Å². The van der Waals surface area contributed by atoms with Gasteiger partial charge in [0.15, 0.2) is 18.1 Å². The molecule has 7 nitrogen and oxygen atoms in total. The molecular weight excluding hydrogens is 488 g/mol. The van der Waals surface area contributed by atoms with Gasteiger partial charge in [-0.3, -0.25) is 19.3 Å². The van der Waals surface area contributed by atoms with Crippen LogP contribution in [0.1, 0.15) is 11.1 Å². The Morgan fingerprint density at radius 1 is 1.03 bits per heavy atom. The Kier molecular flexibility index (Phi) is 7.74. The van der Waals surface area contributed by atoms with E-state index in [4.69, 9.17) is 21.1 Å². The Morgan fingerprint density at radius 2 is 1.77 bits per heavy atom. The number of halogens is 1. The summed E-state index contributed by atoms with van der Waals surface area (Å²) >= 11 is 6.78. The third kappa shape index (κ3) is 6.23. The predicted octanol–water partition coefficient (Wildman–Crippen LogP) is 5.60. The monoisotopic (exact) mass is 508 g/mol. The van der Waals surface area contributed by atoms with Crippen molar-refractivity contribution in [3.05, 3.63) is 93.9 Å². The summed E-state index contributed by atoms with van der Waals surface area (Å²) in [6, 6.07) is 21.1. The number of thioether (sulfide) groups is 1. The Morgan fingerprint density at radius 3 is 2.49 bits per heavy atom. The first kappa shape index (κ1) is 24.4. The van der Waals surface area contributed by atoms with Gasteiger partial charge in [-0.05, 0) is 65.4 Å². The number of rotatable bonds is 8. The van der Waals surface area contributed by atoms with E-state index < -0.39 is 0 Å². The minimum absolute atomic E-state index is 0.167. The van der Waals surface area contributed by atoms with Crippen molar-refractivity contribution < 1.29 is 23.9 Å². The van der Waals surface area contributed by atoms with E-state index in [2.05, 4.69) is 5.32 Å². The lowest BCUT2D eigenvalue weighted by Gasteiger charge is -2.12. The highest BCUT2D eigenvalue weighted by Gasteiger charge is 2.35. The van der Waals surface area contributed by atoms with Crippen molar-refractivity contribution in [1.82, 2.24) is 4.90 Å². The molecule has 0 bridgehead atoms. The minimum Gasteiger partial charge on any atom is -0.493 e. The zero-order valence-electron chi connectivity index (χ0n) is 18.7. The lowest BCUT2D eigenvalue weighted by atomic mass is 10.1. The van der Waals surface area contributed by atoms with Crippen LogP contribution in [0.5, 0.6) is 11.5 Å². The number of imide groups is 1. The fourth-order valence-electron chi connectivity index (χ4n) is 3.32. The van der Waals surface area contributed by atoms with Gasteiger partial charge in [-0.2, -0.15) is 0 Å². The Balaban J connectivity index is 1.42. The summed E-state index contributed by atoms with van der Waals surface area (Å²) in [7, 11) is 1.48. The maximum absolute atomic E-state index is 12.8. The maximum Gasteiger partial charge on any atom is 0.293 e. The van der Waals surface area contributed by atoms with E-state index in [9.17, 15) is 14.4 Å². The number of hydrogen-bond acceptors (Lipinski definition) is 6. The van der Waals surface area contributed by atoms with E-state index in [1.165, 1.54) is 12.0 Å². The van der Waals surface area contributed by atoms with Crippen LogP contribution < -0.4 is 14.8 Å². The van der Waals surface area contributed by atoms with E-state index in [0.29, 0.717) is 32.7 Å². The van der Waals surface area contributed by atoms with Gasteiger partial charge >= 0.3 is 0 Å². The van der Waals surface area contributed by atoms with Gasteiger partial charge in [0.05, 0.1) is 18.6 Å². The SMILES string of the molecule is COc1cc(/C=C2\SC(=O)N(Cc3ccc(Cl)cc3)C2=O)ccc1OCC(=O)Nc1ccccc1. The highest BCUT2D eigenvalue weighted by atomic mass is 35.5. The van der Waals surface area contributed by atoms with Crippen LogP contribution in [0.3, 0.4) is 0 Å². The van der Waals surface area contributed by atoms with Crippen LogP contribution in [0.2, 0.25) is 5.02 Å². The summed E-state index contributed by atoms with van der Waals surface area (Å²) in [5, 5.41) is 2.99. The maximum atomic E-state index is 12.8. The van der Waals surface area contributed by atoms with E-state index in [0.717, 1.165) is 17.3 Å². The number of benzene rings is 3. The Bertz CT molecular complexity index is 1280. The zero-order valence-corrected chi connectivity index (χ0v) is 20.3. The van der Waals surface area contributed by atoms with Crippen molar-refractivity contribution in [3.63, 3.8) is 0 Å². The quantitative estimate of drug-likeness (QED) is 0.398. The molecule has 0 aliphatic carbocycles. The molecule has 0 unspecified atom stereocenters. The highest BCUT2D eigenvalue weighted by molar-refractivity contribution is 8.18. The molecule has 35 heavy (non-hydrogen) atoms. The summed E-state index contributed by atoms with van der Waals surface area (Å²) in [6.45, 7) is -0.0332. The molecule has 1 N–H and O–H groups in total. The number of nitrogens with zero attached hydrogens (tertiary/aromatic N) is 1. The molecule has 0 radical (unpaired) electrons. The lowest BCUT2D eigenvalue weighted by Crippen LogP contribution is -2.27. The summed E-state index contributed by atoms with van der Waals surface area (Å²) in [4.78, 5) is 38.9. The molecule has 1 saturated heterocycles. The summed E-state index contributed by atoms with van der Waals surface area (Å²) in [6.07, 6.45) is 1.63. The smallest absolute Gasteiger partial charge is 0.293 e. The molecule has 3 aromatic carbocycles. The van der Waals surface area contributed by atoms with Crippen LogP contribution in [0.15, 0.2) is 77.7 Å². The molecule has 0 aromatic heterocycles. The molecule has 1 fully saturated rings. The van der Waals surface area contributed by atoms with Crippen molar-refractivity contribution in [3.8, 4) is 11.5 Å². The largest absolute Gasteiger partial charge is 0.493 e. The molecule has 0 spiro atoms. The van der Waals surface area contributed by atoms with Gasteiger partial charge in [0.2, 0.25) is 0 Å². The average Bonchev–Trinajstić information content (AvgIpc) is 3.12. The van der Waals surface area contributed by atoms with Gasteiger partial charge in [0.1, 0.15) is 0 Å². The third-order valence-electron chi connectivity index (χ3n) is 5.03. The molecule has 1 aliphatic rings. The summed E-state index contributed by atoms with van der Waals surface area (Å²) in [5.74, 6) is 0.0962. The molecule has 3 amide bonds. The molecule has 0 saturated carbocycles. The van der Waals surface area contributed by atoms with Crippen molar-refractivity contribution in [2.45, 2.75) is 6.54 Å². The fourth-order valence-corrected chi connectivity index (χ4v) is 4.28. The first-order valence-corrected chi connectivity index (χ1v) is 11.8. The van der Waals surface area contributed by atoms with Crippen molar-refractivity contribution in [2.75, 3.05) is 19.0 Å². The standard InChI is InChI=1S/C26H21ClN2O5S/c1-33-22-13-18(9-12-21(22)34-16-24(30)28-20-5-3-2-4-6-20)14-23-25(31)29(26(32)35-23)15-17-7-10-19(27)11-8-17/h2-14H,15-16H2,1H3,(H,28,30)/b23-14-. The summed E-state index contributed by atoms with van der Waals surface area (Å²) < 4.78 is 11.0. The number of nitrogens with one attached hydrogen (secondary N) is 1. The fraction of sp³-hybridized carbons (Fsp3) is 0.115. The van der Waals surface area contributed by atoms with Crippen molar-refractivity contribution in [2.24, 2.45) is 0 Å². The normalized spacial score (nSPS) is 14.3. The van der Waals surface area contributed by atoms with Crippen LogP contribution in [-0.4, -0.2) is 35.7 Å². The predicted molar refractivity (Wildman–Crippen MR) is 137 cm³/mol. The number of methoxy groups -OCH3 is 1. The number of hydrogen-bond donors (Lipinski definition) is 1.